The number of nitrogens with two attached hydrogens (primary N) is 1. The fourth-order valence-corrected chi connectivity index (χ4v) is 2.39. The van der Waals surface area contributed by atoms with Crippen molar-refractivity contribution in [2.24, 2.45) is 0 Å². The van der Waals surface area contributed by atoms with Crippen molar-refractivity contribution in [1.29, 1.82) is 0 Å². The number of nitrogens with zero attached hydrogens (tertiary/aromatic N) is 2. The van der Waals surface area contributed by atoms with Crippen molar-refractivity contribution < 1.29 is 4.39 Å². The van der Waals surface area contributed by atoms with Crippen LogP contribution in [0, 0.1) is 12.7 Å². The first-order chi connectivity index (χ1) is 9.08. The van der Waals surface area contributed by atoms with Crippen LogP contribution in [-0.4, -0.2) is 9.55 Å². The SMILES string of the molecule is Cc1ccc2nc(N)n(-c3c(F)cccc3Cl)c2c1. The smallest absolute Gasteiger partial charge is 0.206 e. The topological polar surface area (TPSA) is 43.8 Å². The van der Waals surface area contributed by atoms with E-state index in [9.17, 15) is 4.39 Å². The Morgan fingerprint density at radius 2 is 2.05 bits per heavy atom. The van der Waals surface area contributed by atoms with Crippen LogP contribution in [0.25, 0.3) is 16.7 Å². The molecule has 19 heavy (non-hydrogen) atoms. The maximum Gasteiger partial charge on any atom is 0.206 e. The second-order valence-corrected chi connectivity index (χ2v) is 4.78. The van der Waals surface area contributed by atoms with Crippen LogP contribution in [-0.2, 0) is 0 Å². The van der Waals surface area contributed by atoms with Gasteiger partial charge < -0.3 is 5.73 Å². The molecule has 5 heteroatoms. The monoisotopic (exact) mass is 275 g/mol. The largest absolute Gasteiger partial charge is 0.369 e. The van der Waals surface area contributed by atoms with Crippen LogP contribution in [0.15, 0.2) is 36.4 Å². The van der Waals surface area contributed by atoms with Gasteiger partial charge in [-0.1, -0.05) is 23.7 Å². The predicted octanol–water partition coefficient (Wildman–Crippen LogP) is 3.71. The van der Waals surface area contributed by atoms with E-state index in [-0.39, 0.29) is 11.6 Å². The van der Waals surface area contributed by atoms with Crippen molar-refractivity contribution in [3.8, 4) is 5.69 Å². The molecule has 3 aromatic rings. The highest BCUT2D eigenvalue weighted by Gasteiger charge is 2.16. The molecule has 1 heterocycles. The van der Waals surface area contributed by atoms with Crippen LogP contribution < -0.4 is 5.73 Å². The molecule has 0 aliphatic heterocycles. The molecule has 2 aromatic carbocycles. The minimum Gasteiger partial charge on any atom is -0.369 e. The summed E-state index contributed by atoms with van der Waals surface area (Å²) < 4.78 is 15.6. The first kappa shape index (κ1) is 12.0. The molecule has 0 amide bonds. The molecule has 0 aliphatic carbocycles. The van der Waals surface area contributed by atoms with Gasteiger partial charge in [0.05, 0.1) is 16.1 Å². The summed E-state index contributed by atoms with van der Waals surface area (Å²) in [6.07, 6.45) is 0. The zero-order valence-electron chi connectivity index (χ0n) is 10.2. The predicted molar refractivity (Wildman–Crippen MR) is 75.2 cm³/mol. The molecule has 96 valence electrons. The van der Waals surface area contributed by atoms with Crippen molar-refractivity contribution in [1.82, 2.24) is 9.55 Å². The third kappa shape index (κ3) is 1.85. The zero-order valence-corrected chi connectivity index (χ0v) is 10.9. The molecular formula is C14H11ClFN3. The average molecular weight is 276 g/mol. The Morgan fingerprint density at radius 3 is 2.79 bits per heavy atom. The highest BCUT2D eigenvalue weighted by molar-refractivity contribution is 6.32. The summed E-state index contributed by atoms with van der Waals surface area (Å²) in [4.78, 5) is 4.23. The second kappa shape index (κ2) is 4.24. The van der Waals surface area contributed by atoms with E-state index in [0.29, 0.717) is 10.5 Å². The molecule has 1 aromatic heterocycles. The van der Waals surface area contributed by atoms with E-state index >= 15 is 0 Å². The molecule has 0 unspecified atom stereocenters. The lowest BCUT2D eigenvalue weighted by atomic mass is 10.2. The van der Waals surface area contributed by atoms with E-state index in [2.05, 4.69) is 4.98 Å². The molecule has 0 atom stereocenters. The van der Waals surface area contributed by atoms with Crippen LogP contribution in [0.1, 0.15) is 5.56 Å². The number of rotatable bonds is 1. The molecule has 0 fully saturated rings. The van der Waals surface area contributed by atoms with Crippen LogP contribution in [0.3, 0.4) is 0 Å². The Balaban J connectivity index is 2.42. The lowest BCUT2D eigenvalue weighted by Gasteiger charge is -2.10. The van der Waals surface area contributed by atoms with Gasteiger partial charge in [0.25, 0.3) is 0 Å². The van der Waals surface area contributed by atoms with E-state index in [1.54, 1.807) is 16.7 Å². The minimum absolute atomic E-state index is 0.215. The number of fused-ring (bicyclic) bond motifs is 1. The molecular weight excluding hydrogens is 265 g/mol. The molecule has 0 spiro atoms. The summed E-state index contributed by atoms with van der Waals surface area (Å²) in [7, 11) is 0. The normalized spacial score (nSPS) is 11.1. The molecule has 0 aliphatic rings. The highest BCUT2D eigenvalue weighted by atomic mass is 35.5. The lowest BCUT2D eigenvalue weighted by molar-refractivity contribution is 0.620. The summed E-state index contributed by atoms with van der Waals surface area (Å²) in [5, 5.41) is 0.299. The van der Waals surface area contributed by atoms with Gasteiger partial charge in [-0.05, 0) is 36.8 Å². The third-order valence-electron chi connectivity index (χ3n) is 3.00. The summed E-state index contributed by atoms with van der Waals surface area (Å²) in [6.45, 7) is 1.95. The number of halogens is 2. The van der Waals surface area contributed by atoms with Gasteiger partial charge >= 0.3 is 0 Å². The summed E-state index contributed by atoms with van der Waals surface area (Å²) in [5.74, 6) is -0.215. The maximum absolute atomic E-state index is 14.0. The fourth-order valence-electron chi connectivity index (χ4n) is 2.14. The van der Waals surface area contributed by atoms with E-state index in [1.165, 1.54) is 6.07 Å². The summed E-state index contributed by atoms with van der Waals surface area (Å²) in [5.41, 5.74) is 8.62. The lowest BCUT2D eigenvalue weighted by Crippen LogP contribution is -2.03. The Bertz CT molecular complexity index is 759. The van der Waals surface area contributed by atoms with Crippen LogP contribution in [0.4, 0.5) is 10.3 Å². The van der Waals surface area contributed by atoms with E-state index < -0.39 is 5.82 Å². The molecule has 2 N–H and O–H groups in total. The van der Waals surface area contributed by atoms with Gasteiger partial charge in [-0.3, -0.25) is 4.57 Å². The zero-order chi connectivity index (χ0) is 13.6. The Morgan fingerprint density at radius 1 is 1.26 bits per heavy atom. The van der Waals surface area contributed by atoms with Crippen molar-refractivity contribution in [3.05, 3.63) is 52.8 Å². The van der Waals surface area contributed by atoms with Crippen LogP contribution >= 0.6 is 11.6 Å². The first-order valence-corrected chi connectivity index (χ1v) is 6.14. The van der Waals surface area contributed by atoms with Crippen molar-refractivity contribution in [2.75, 3.05) is 5.73 Å². The second-order valence-electron chi connectivity index (χ2n) is 4.37. The Labute approximate surface area is 114 Å². The van der Waals surface area contributed by atoms with Gasteiger partial charge in [0.15, 0.2) is 0 Å². The standard InChI is InChI=1S/C14H11ClFN3/c1-8-5-6-11-12(7-8)19(14(17)18-11)13-9(15)3-2-4-10(13)16/h2-7H,1H3,(H2,17,18). The molecule has 0 bridgehead atoms. The van der Waals surface area contributed by atoms with E-state index in [4.69, 9.17) is 17.3 Å². The van der Waals surface area contributed by atoms with Gasteiger partial charge in [0, 0.05) is 0 Å². The summed E-state index contributed by atoms with van der Waals surface area (Å²) in [6, 6.07) is 10.2. The summed E-state index contributed by atoms with van der Waals surface area (Å²) >= 11 is 6.09. The Hall–Kier alpha value is -2.07. The average Bonchev–Trinajstić information content (AvgIpc) is 2.66. The van der Waals surface area contributed by atoms with E-state index in [0.717, 1.165) is 11.1 Å². The van der Waals surface area contributed by atoms with E-state index in [1.807, 2.05) is 25.1 Å². The van der Waals surface area contributed by atoms with Gasteiger partial charge in [-0.2, -0.15) is 0 Å². The number of anilines is 1. The van der Waals surface area contributed by atoms with Gasteiger partial charge in [-0.15, -0.1) is 0 Å². The highest BCUT2D eigenvalue weighted by Crippen LogP contribution is 2.30. The number of aryl methyl sites for hydroxylation is 1. The number of hydrogen-bond donors (Lipinski definition) is 1. The fraction of sp³-hybridized carbons (Fsp3) is 0.0714. The van der Waals surface area contributed by atoms with Gasteiger partial charge in [-0.25, -0.2) is 9.37 Å². The first-order valence-electron chi connectivity index (χ1n) is 5.77. The number of imidazole rings is 1. The van der Waals surface area contributed by atoms with Crippen LogP contribution in [0.5, 0.6) is 0 Å². The Kier molecular flexibility index (Phi) is 2.68. The molecule has 0 saturated carbocycles. The molecule has 0 saturated heterocycles. The van der Waals surface area contributed by atoms with Crippen LogP contribution in [0.2, 0.25) is 5.02 Å². The quantitative estimate of drug-likeness (QED) is 0.736. The maximum atomic E-state index is 14.0. The van der Waals surface area contributed by atoms with Gasteiger partial charge in [0.1, 0.15) is 11.5 Å². The van der Waals surface area contributed by atoms with Gasteiger partial charge in [0.2, 0.25) is 5.95 Å². The molecule has 0 radical (unpaired) electrons. The molecule has 3 nitrogen and oxygen atoms in total. The number of aromatic nitrogens is 2. The number of para-hydroxylation sites is 1. The van der Waals surface area contributed by atoms with Crippen molar-refractivity contribution in [2.45, 2.75) is 6.92 Å². The molecule has 3 rings (SSSR count). The number of hydrogen-bond acceptors (Lipinski definition) is 2. The minimum atomic E-state index is -0.431. The number of nitrogen functional groups attached to an aromatic ring is 1. The van der Waals surface area contributed by atoms with Crippen molar-refractivity contribution >= 4 is 28.6 Å². The number of benzene rings is 2. The third-order valence-corrected chi connectivity index (χ3v) is 3.30. The van der Waals surface area contributed by atoms with Crippen molar-refractivity contribution in [3.63, 3.8) is 0 Å².